The van der Waals surface area contributed by atoms with Crippen LogP contribution in [-0.4, -0.2) is 30.9 Å². The van der Waals surface area contributed by atoms with Gasteiger partial charge in [-0.05, 0) is 5.41 Å². The third-order valence-corrected chi connectivity index (χ3v) is 2.69. The molecule has 0 aromatic rings. The fourth-order valence-electron chi connectivity index (χ4n) is 1.28. The van der Waals surface area contributed by atoms with Gasteiger partial charge in [0.25, 0.3) is 0 Å². The molecule has 14 heavy (non-hydrogen) atoms. The van der Waals surface area contributed by atoms with E-state index in [1.807, 2.05) is 0 Å². The van der Waals surface area contributed by atoms with Crippen LogP contribution in [0.1, 0.15) is 20.8 Å². The fraction of sp³-hybridized carbons (Fsp3) is 0.900. The van der Waals surface area contributed by atoms with Gasteiger partial charge in [-0.2, -0.15) is 12.6 Å². The minimum absolute atomic E-state index is 0.0509. The van der Waals surface area contributed by atoms with Crippen LogP contribution in [0, 0.1) is 11.3 Å². The molecule has 2 unspecified atom stereocenters. The van der Waals surface area contributed by atoms with Crippen LogP contribution in [0.25, 0.3) is 0 Å². The summed E-state index contributed by atoms with van der Waals surface area (Å²) < 4.78 is 5.19. The molecule has 1 heterocycles. The zero-order valence-electron chi connectivity index (χ0n) is 9.04. The zero-order chi connectivity index (χ0) is 10.8. The average molecular weight is 217 g/mol. The van der Waals surface area contributed by atoms with Gasteiger partial charge in [-0.15, -0.1) is 0 Å². The quantitative estimate of drug-likeness (QED) is 0.680. The van der Waals surface area contributed by atoms with Crippen molar-refractivity contribution in [3.8, 4) is 0 Å². The maximum absolute atomic E-state index is 11.7. The van der Waals surface area contributed by atoms with E-state index in [1.165, 1.54) is 0 Å². The third kappa shape index (κ3) is 3.50. The Hall–Kier alpha value is -0.220. The molecule has 0 aliphatic carbocycles. The van der Waals surface area contributed by atoms with Gasteiger partial charge in [0.05, 0.1) is 19.1 Å². The van der Waals surface area contributed by atoms with Crippen LogP contribution >= 0.6 is 12.6 Å². The standard InChI is InChI=1S/C10H19NO2S/c1-10(2,3)6-11-9(12)7-4-13-5-8(7)14/h7-8,14H,4-6H2,1-3H3,(H,11,12). The molecule has 3 nitrogen and oxygen atoms in total. The molecule has 0 aromatic heterocycles. The first kappa shape index (κ1) is 11.9. The van der Waals surface area contributed by atoms with Crippen LogP contribution in [0.4, 0.5) is 0 Å². The number of hydrogen-bond acceptors (Lipinski definition) is 3. The molecule has 0 spiro atoms. The molecule has 82 valence electrons. The molecule has 1 aliphatic rings. The minimum Gasteiger partial charge on any atom is -0.379 e. The lowest BCUT2D eigenvalue weighted by atomic mass is 9.96. The summed E-state index contributed by atoms with van der Waals surface area (Å²) in [6.45, 7) is 8.06. The highest BCUT2D eigenvalue weighted by atomic mass is 32.1. The van der Waals surface area contributed by atoms with Gasteiger partial charge in [-0.1, -0.05) is 20.8 Å². The summed E-state index contributed by atoms with van der Waals surface area (Å²) in [4.78, 5) is 11.7. The van der Waals surface area contributed by atoms with Gasteiger partial charge < -0.3 is 10.1 Å². The van der Waals surface area contributed by atoms with E-state index in [0.717, 1.165) is 0 Å². The summed E-state index contributed by atoms with van der Waals surface area (Å²) in [5.41, 5.74) is 0.126. The second kappa shape index (κ2) is 4.53. The van der Waals surface area contributed by atoms with Crippen molar-refractivity contribution in [3.05, 3.63) is 0 Å². The van der Waals surface area contributed by atoms with Crippen molar-refractivity contribution in [2.75, 3.05) is 19.8 Å². The molecule has 0 saturated carbocycles. The van der Waals surface area contributed by atoms with Crippen LogP contribution in [0.5, 0.6) is 0 Å². The number of amides is 1. The molecule has 1 amide bonds. The van der Waals surface area contributed by atoms with Gasteiger partial charge >= 0.3 is 0 Å². The Morgan fingerprint density at radius 2 is 2.14 bits per heavy atom. The number of ether oxygens (including phenoxy) is 1. The summed E-state index contributed by atoms with van der Waals surface area (Å²) in [5, 5.41) is 2.98. The van der Waals surface area contributed by atoms with Crippen LogP contribution < -0.4 is 5.32 Å². The highest BCUT2D eigenvalue weighted by Gasteiger charge is 2.31. The van der Waals surface area contributed by atoms with E-state index in [-0.39, 0.29) is 22.5 Å². The van der Waals surface area contributed by atoms with Gasteiger partial charge in [-0.3, -0.25) is 4.79 Å². The maximum atomic E-state index is 11.7. The summed E-state index contributed by atoms with van der Waals surface area (Å²) in [6.07, 6.45) is 0. The number of hydrogen-bond donors (Lipinski definition) is 2. The Kier molecular flexibility index (Phi) is 3.84. The van der Waals surface area contributed by atoms with E-state index < -0.39 is 0 Å². The van der Waals surface area contributed by atoms with E-state index in [2.05, 4.69) is 38.7 Å². The van der Waals surface area contributed by atoms with Gasteiger partial charge in [0.15, 0.2) is 0 Å². The van der Waals surface area contributed by atoms with Crippen LogP contribution in [0.2, 0.25) is 0 Å². The molecule has 0 radical (unpaired) electrons. The first-order valence-electron chi connectivity index (χ1n) is 4.94. The first-order chi connectivity index (χ1) is 6.40. The molecular weight excluding hydrogens is 198 g/mol. The van der Waals surface area contributed by atoms with E-state index in [9.17, 15) is 4.79 Å². The lowest BCUT2D eigenvalue weighted by molar-refractivity contribution is -0.125. The predicted molar refractivity (Wildman–Crippen MR) is 59.5 cm³/mol. The molecule has 1 saturated heterocycles. The Morgan fingerprint density at radius 1 is 1.50 bits per heavy atom. The smallest absolute Gasteiger partial charge is 0.226 e. The molecule has 1 fully saturated rings. The molecule has 0 aromatic carbocycles. The summed E-state index contributed by atoms with van der Waals surface area (Å²) >= 11 is 4.31. The normalized spacial score (nSPS) is 27.7. The van der Waals surface area contributed by atoms with Crippen molar-refractivity contribution in [1.82, 2.24) is 5.32 Å². The van der Waals surface area contributed by atoms with Crippen LogP contribution in [0.3, 0.4) is 0 Å². The summed E-state index contributed by atoms with van der Waals surface area (Å²) in [7, 11) is 0. The Morgan fingerprint density at radius 3 is 2.57 bits per heavy atom. The maximum Gasteiger partial charge on any atom is 0.226 e. The van der Waals surface area contributed by atoms with Gasteiger partial charge in [0.1, 0.15) is 0 Å². The second-order valence-electron chi connectivity index (χ2n) is 4.99. The van der Waals surface area contributed by atoms with Crippen LogP contribution in [-0.2, 0) is 9.53 Å². The second-order valence-corrected chi connectivity index (χ2v) is 5.65. The van der Waals surface area contributed by atoms with Crippen molar-refractivity contribution >= 4 is 18.5 Å². The van der Waals surface area contributed by atoms with E-state index in [4.69, 9.17) is 4.74 Å². The number of thiol groups is 1. The molecule has 0 bridgehead atoms. The minimum atomic E-state index is -0.0827. The Bertz CT molecular complexity index is 213. The van der Waals surface area contributed by atoms with Gasteiger partial charge in [0.2, 0.25) is 5.91 Å². The van der Waals surface area contributed by atoms with E-state index >= 15 is 0 Å². The number of nitrogens with one attached hydrogen (secondary N) is 1. The SMILES string of the molecule is CC(C)(C)CNC(=O)C1COCC1S. The van der Waals surface area contributed by atoms with Crippen molar-refractivity contribution in [2.24, 2.45) is 11.3 Å². The van der Waals surface area contributed by atoms with Gasteiger partial charge in [-0.25, -0.2) is 0 Å². The number of carbonyl (C=O) groups is 1. The van der Waals surface area contributed by atoms with Crippen molar-refractivity contribution in [1.29, 1.82) is 0 Å². The first-order valence-corrected chi connectivity index (χ1v) is 5.45. The van der Waals surface area contributed by atoms with Crippen molar-refractivity contribution in [2.45, 2.75) is 26.0 Å². The lowest BCUT2D eigenvalue weighted by Crippen LogP contribution is -2.39. The lowest BCUT2D eigenvalue weighted by Gasteiger charge is -2.21. The highest BCUT2D eigenvalue weighted by molar-refractivity contribution is 7.81. The Balaban J connectivity index is 2.35. The molecule has 1 rings (SSSR count). The fourth-order valence-corrected chi connectivity index (χ4v) is 1.60. The van der Waals surface area contributed by atoms with E-state index in [0.29, 0.717) is 19.8 Å². The summed E-state index contributed by atoms with van der Waals surface area (Å²) in [5.74, 6) is -0.0156. The summed E-state index contributed by atoms with van der Waals surface area (Å²) in [6, 6.07) is 0. The number of rotatable bonds is 2. The molecule has 4 heteroatoms. The van der Waals surface area contributed by atoms with Crippen LogP contribution in [0.15, 0.2) is 0 Å². The Labute approximate surface area is 91.0 Å². The van der Waals surface area contributed by atoms with Crippen molar-refractivity contribution in [3.63, 3.8) is 0 Å². The highest BCUT2D eigenvalue weighted by Crippen LogP contribution is 2.19. The van der Waals surface area contributed by atoms with Gasteiger partial charge in [0, 0.05) is 11.8 Å². The topological polar surface area (TPSA) is 38.3 Å². The van der Waals surface area contributed by atoms with Crippen molar-refractivity contribution < 1.29 is 9.53 Å². The molecule has 1 N–H and O–H groups in total. The molecule has 1 aliphatic heterocycles. The molecular formula is C10H19NO2S. The average Bonchev–Trinajstić information content (AvgIpc) is 2.46. The largest absolute Gasteiger partial charge is 0.379 e. The third-order valence-electron chi connectivity index (χ3n) is 2.18. The zero-order valence-corrected chi connectivity index (χ0v) is 9.93. The monoisotopic (exact) mass is 217 g/mol. The molecule has 2 atom stereocenters. The predicted octanol–water partition coefficient (Wildman–Crippen LogP) is 1.09. The van der Waals surface area contributed by atoms with E-state index in [1.54, 1.807) is 0 Å². The number of carbonyl (C=O) groups excluding carboxylic acids is 1.